The first-order valence-electron chi connectivity index (χ1n) is 5.96. The zero-order valence-corrected chi connectivity index (χ0v) is 11.7. The summed E-state index contributed by atoms with van der Waals surface area (Å²) in [5.41, 5.74) is 1.86. The van der Waals surface area contributed by atoms with Gasteiger partial charge in [-0.05, 0) is 32.1 Å². The van der Waals surface area contributed by atoms with Gasteiger partial charge in [0.15, 0.2) is 0 Å². The molecule has 0 aliphatic rings. The van der Waals surface area contributed by atoms with Crippen molar-refractivity contribution in [3.05, 3.63) is 12.2 Å². The fraction of sp³-hybridized carbons (Fsp3) is 0.857. The lowest BCUT2D eigenvalue weighted by atomic mass is 9.83. The summed E-state index contributed by atoms with van der Waals surface area (Å²) in [4.78, 5) is 0. The van der Waals surface area contributed by atoms with Crippen LogP contribution in [0.2, 0.25) is 0 Å². The molecule has 0 aliphatic carbocycles. The molecule has 0 fully saturated rings. The first-order chi connectivity index (χ1) is 6.52. The minimum atomic E-state index is 0.163. The average molecular weight is 211 g/mol. The van der Waals surface area contributed by atoms with Crippen molar-refractivity contribution in [2.24, 2.45) is 5.41 Å². The molecule has 1 heteroatoms. The van der Waals surface area contributed by atoms with E-state index in [-0.39, 0.29) is 5.54 Å². The number of hydrogen-bond acceptors (Lipinski definition) is 1. The largest absolute Gasteiger partial charge is 0.309 e. The highest BCUT2D eigenvalue weighted by Crippen LogP contribution is 2.27. The van der Waals surface area contributed by atoms with Gasteiger partial charge in [-0.2, -0.15) is 0 Å². The Hall–Kier alpha value is -0.300. The third kappa shape index (κ3) is 8.68. The Labute approximate surface area is 96.3 Å². The second kappa shape index (κ2) is 5.16. The van der Waals surface area contributed by atoms with E-state index in [0.717, 1.165) is 12.8 Å². The molecule has 90 valence electrons. The first-order valence-corrected chi connectivity index (χ1v) is 5.96. The minimum Gasteiger partial charge on any atom is -0.309 e. The van der Waals surface area contributed by atoms with Gasteiger partial charge in [0.2, 0.25) is 0 Å². The van der Waals surface area contributed by atoms with E-state index >= 15 is 0 Å². The zero-order valence-electron chi connectivity index (χ0n) is 11.7. The molecule has 0 aromatic carbocycles. The summed E-state index contributed by atoms with van der Waals surface area (Å²) in [5.74, 6) is 0. The molecule has 0 unspecified atom stereocenters. The molecule has 0 saturated carbocycles. The van der Waals surface area contributed by atoms with Gasteiger partial charge < -0.3 is 5.32 Å². The van der Waals surface area contributed by atoms with Crippen molar-refractivity contribution in [3.8, 4) is 0 Å². The third-order valence-corrected chi connectivity index (χ3v) is 2.15. The molecule has 0 aromatic rings. The predicted molar refractivity (Wildman–Crippen MR) is 70.2 cm³/mol. The molecule has 0 radical (unpaired) electrons. The molecule has 0 rings (SSSR count). The molecule has 0 atom stereocenters. The Morgan fingerprint density at radius 3 is 1.87 bits per heavy atom. The fourth-order valence-electron chi connectivity index (χ4n) is 2.27. The Bertz CT molecular complexity index is 206. The smallest absolute Gasteiger partial charge is 0.0164 e. The maximum absolute atomic E-state index is 4.19. The SMILES string of the molecule is C=C(CC(C)(C)C)CC(C)(C)NC(C)C. The summed E-state index contributed by atoms with van der Waals surface area (Å²) >= 11 is 0. The normalized spacial score (nSPS) is 13.3. The van der Waals surface area contributed by atoms with Crippen molar-refractivity contribution in [1.29, 1.82) is 0 Å². The van der Waals surface area contributed by atoms with Crippen molar-refractivity contribution in [2.45, 2.75) is 72.9 Å². The highest BCUT2D eigenvalue weighted by atomic mass is 15.0. The van der Waals surface area contributed by atoms with Gasteiger partial charge >= 0.3 is 0 Å². The van der Waals surface area contributed by atoms with Crippen LogP contribution in [0, 0.1) is 5.41 Å². The van der Waals surface area contributed by atoms with E-state index in [4.69, 9.17) is 0 Å². The van der Waals surface area contributed by atoms with E-state index in [2.05, 4.69) is 60.4 Å². The average Bonchev–Trinajstić information content (AvgIpc) is 1.73. The predicted octanol–water partition coefficient (Wildman–Crippen LogP) is 4.15. The quantitative estimate of drug-likeness (QED) is 0.674. The number of nitrogens with one attached hydrogen (secondary N) is 1. The van der Waals surface area contributed by atoms with Gasteiger partial charge in [0.05, 0.1) is 0 Å². The standard InChI is InChI=1S/C14H29N/c1-11(2)15-14(7,8)10-12(3)9-13(4,5)6/h11,15H,3,9-10H2,1-2,4-8H3. The zero-order chi connectivity index (χ0) is 12.3. The van der Waals surface area contributed by atoms with Crippen molar-refractivity contribution in [3.63, 3.8) is 0 Å². The first kappa shape index (κ1) is 14.7. The van der Waals surface area contributed by atoms with Crippen LogP contribution < -0.4 is 5.32 Å². The van der Waals surface area contributed by atoms with Crippen LogP contribution in [0.4, 0.5) is 0 Å². The summed E-state index contributed by atoms with van der Waals surface area (Å²) in [5, 5.41) is 3.57. The van der Waals surface area contributed by atoms with Crippen LogP contribution >= 0.6 is 0 Å². The molecule has 0 bridgehead atoms. The Balaban J connectivity index is 4.16. The summed E-state index contributed by atoms with van der Waals surface area (Å²) in [6, 6.07) is 0.530. The lowest BCUT2D eigenvalue weighted by molar-refractivity contribution is 0.332. The second-order valence-electron chi connectivity index (χ2n) is 6.85. The van der Waals surface area contributed by atoms with Gasteiger partial charge in [-0.25, -0.2) is 0 Å². The lowest BCUT2D eigenvalue weighted by Gasteiger charge is -2.31. The van der Waals surface area contributed by atoms with Gasteiger partial charge in [-0.15, -0.1) is 0 Å². The molecule has 0 aliphatic heterocycles. The van der Waals surface area contributed by atoms with E-state index in [1.807, 2.05) is 0 Å². The molecule has 0 heterocycles. The topological polar surface area (TPSA) is 12.0 Å². The van der Waals surface area contributed by atoms with Crippen molar-refractivity contribution >= 4 is 0 Å². The van der Waals surface area contributed by atoms with Crippen LogP contribution in [0.1, 0.15) is 61.3 Å². The monoisotopic (exact) mass is 211 g/mol. The molecular formula is C14H29N. The van der Waals surface area contributed by atoms with E-state index < -0.39 is 0 Å². The maximum atomic E-state index is 4.19. The molecule has 0 saturated heterocycles. The van der Waals surface area contributed by atoms with Gasteiger partial charge in [0, 0.05) is 11.6 Å². The molecular weight excluding hydrogens is 182 g/mol. The van der Waals surface area contributed by atoms with Gasteiger partial charge in [0.1, 0.15) is 0 Å². The summed E-state index contributed by atoms with van der Waals surface area (Å²) in [6.45, 7) is 19.9. The molecule has 0 aromatic heterocycles. The molecule has 15 heavy (non-hydrogen) atoms. The van der Waals surface area contributed by atoms with Gasteiger partial charge in [0.25, 0.3) is 0 Å². The van der Waals surface area contributed by atoms with Crippen molar-refractivity contribution in [1.82, 2.24) is 5.32 Å². The molecule has 1 N–H and O–H groups in total. The maximum Gasteiger partial charge on any atom is 0.0164 e. The Morgan fingerprint density at radius 1 is 1.07 bits per heavy atom. The second-order valence-corrected chi connectivity index (χ2v) is 6.85. The summed E-state index contributed by atoms with van der Waals surface area (Å²) in [7, 11) is 0. The number of hydrogen-bond donors (Lipinski definition) is 1. The van der Waals surface area contributed by atoms with Gasteiger partial charge in [-0.3, -0.25) is 0 Å². The molecule has 0 spiro atoms. The van der Waals surface area contributed by atoms with Crippen molar-refractivity contribution in [2.75, 3.05) is 0 Å². The molecule has 0 amide bonds. The highest BCUT2D eigenvalue weighted by molar-refractivity contribution is 5.04. The van der Waals surface area contributed by atoms with E-state index in [1.54, 1.807) is 0 Å². The highest BCUT2D eigenvalue weighted by Gasteiger charge is 2.21. The van der Waals surface area contributed by atoms with E-state index in [9.17, 15) is 0 Å². The third-order valence-electron chi connectivity index (χ3n) is 2.15. The van der Waals surface area contributed by atoms with Gasteiger partial charge in [-0.1, -0.05) is 46.8 Å². The van der Waals surface area contributed by atoms with E-state index in [0.29, 0.717) is 11.5 Å². The van der Waals surface area contributed by atoms with Crippen molar-refractivity contribution < 1.29 is 0 Å². The van der Waals surface area contributed by atoms with Crippen LogP contribution in [0.3, 0.4) is 0 Å². The van der Waals surface area contributed by atoms with Crippen LogP contribution in [0.15, 0.2) is 12.2 Å². The number of rotatable bonds is 5. The summed E-state index contributed by atoms with van der Waals surface area (Å²) < 4.78 is 0. The lowest BCUT2D eigenvalue weighted by Crippen LogP contribution is -2.43. The fourth-order valence-corrected chi connectivity index (χ4v) is 2.27. The van der Waals surface area contributed by atoms with E-state index in [1.165, 1.54) is 5.57 Å². The van der Waals surface area contributed by atoms with Crippen LogP contribution in [0.5, 0.6) is 0 Å². The van der Waals surface area contributed by atoms with Crippen LogP contribution in [0.25, 0.3) is 0 Å². The molecule has 1 nitrogen and oxygen atoms in total. The minimum absolute atomic E-state index is 0.163. The van der Waals surface area contributed by atoms with Crippen LogP contribution in [-0.2, 0) is 0 Å². The Kier molecular flexibility index (Phi) is 5.05. The Morgan fingerprint density at radius 2 is 1.53 bits per heavy atom. The summed E-state index contributed by atoms with van der Waals surface area (Å²) in [6.07, 6.45) is 2.17. The van der Waals surface area contributed by atoms with Crippen LogP contribution in [-0.4, -0.2) is 11.6 Å².